The van der Waals surface area contributed by atoms with Crippen molar-refractivity contribution in [1.82, 2.24) is 14.5 Å². The Labute approximate surface area is 222 Å². The van der Waals surface area contributed by atoms with Crippen molar-refractivity contribution >= 4 is 50.9 Å². The summed E-state index contributed by atoms with van der Waals surface area (Å²) in [5, 5.41) is 3.43. The van der Waals surface area contributed by atoms with E-state index < -0.39 is 34.5 Å². The number of rotatable bonds is 11. The molecule has 36 heavy (non-hydrogen) atoms. The van der Waals surface area contributed by atoms with Crippen LogP contribution < -0.4 is 9.62 Å². The number of anilines is 1. The highest BCUT2D eigenvalue weighted by Gasteiger charge is 2.34. The number of hydrogen-bond acceptors (Lipinski definition) is 4. The van der Waals surface area contributed by atoms with Crippen molar-refractivity contribution in [2.24, 2.45) is 0 Å². The number of nitrogens with zero attached hydrogens (tertiary/aromatic N) is 3. The average Bonchev–Trinajstić information content (AvgIpc) is 2.79. The normalized spacial score (nSPS) is 12.5. The minimum Gasteiger partial charge on any atom is -0.352 e. The molecule has 198 valence electrons. The first kappa shape index (κ1) is 29.8. The highest BCUT2D eigenvalue weighted by atomic mass is 35.5. The van der Waals surface area contributed by atoms with Crippen molar-refractivity contribution in [3.63, 3.8) is 0 Å². The molecular weight excluding hydrogens is 530 g/mol. The zero-order chi connectivity index (χ0) is 27.2. The van der Waals surface area contributed by atoms with Gasteiger partial charge in [-0.3, -0.25) is 9.59 Å². The van der Waals surface area contributed by atoms with Gasteiger partial charge in [0.1, 0.15) is 18.4 Å². The SMILES string of the molecule is CCC(C(=O)NC(C)C)N(Cc1ccc(Cl)c(Cl)c1)C(=O)CN(c1ccc(F)cc1)S(=O)(=O)N(C)C. The standard InChI is InChI=1S/C24H31Cl2FN4O4S/c1-6-22(24(33)28-16(2)3)30(14-17-7-12-20(25)21(26)13-17)23(32)15-31(36(34,35)29(4)5)19-10-8-18(27)9-11-19/h7-13,16,22H,6,14-15H2,1-5H3,(H,28,33). The molecule has 1 atom stereocenters. The third kappa shape index (κ3) is 7.55. The van der Waals surface area contributed by atoms with Crippen LogP contribution in [0.3, 0.4) is 0 Å². The van der Waals surface area contributed by atoms with Crippen molar-refractivity contribution in [3.05, 3.63) is 63.9 Å². The van der Waals surface area contributed by atoms with Crippen molar-refractivity contribution in [1.29, 1.82) is 0 Å². The molecule has 0 aromatic heterocycles. The van der Waals surface area contributed by atoms with E-state index in [1.54, 1.807) is 39.0 Å². The van der Waals surface area contributed by atoms with Crippen LogP contribution in [-0.4, -0.2) is 62.2 Å². The molecule has 0 aliphatic heterocycles. The second-order valence-electron chi connectivity index (χ2n) is 8.63. The number of carbonyl (C=O) groups excluding carboxylic acids is 2. The maximum atomic E-state index is 13.7. The van der Waals surface area contributed by atoms with Crippen LogP contribution in [0.25, 0.3) is 0 Å². The molecule has 2 rings (SSSR count). The van der Waals surface area contributed by atoms with Crippen LogP contribution in [0.4, 0.5) is 10.1 Å². The largest absolute Gasteiger partial charge is 0.352 e. The molecule has 0 radical (unpaired) electrons. The van der Waals surface area contributed by atoms with E-state index in [4.69, 9.17) is 23.2 Å². The van der Waals surface area contributed by atoms with Crippen molar-refractivity contribution < 1.29 is 22.4 Å². The van der Waals surface area contributed by atoms with E-state index >= 15 is 0 Å². The van der Waals surface area contributed by atoms with Gasteiger partial charge in [0.2, 0.25) is 11.8 Å². The van der Waals surface area contributed by atoms with Gasteiger partial charge in [-0.1, -0.05) is 36.2 Å². The number of nitrogens with one attached hydrogen (secondary N) is 1. The summed E-state index contributed by atoms with van der Waals surface area (Å²) in [5.41, 5.74) is 0.713. The van der Waals surface area contributed by atoms with Crippen molar-refractivity contribution in [3.8, 4) is 0 Å². The summed E-state index contributed by atoms with van der Waals surface area (Å²) in [5.74, 6) is -1.55. The minimum atomic E-state index is -4.13. The third-order valence-corrected chi connectivity index (χ3v) is 7.85. The van der Waals surface area contributed by atoms with E-state index in [0.717, 1.165) is 20.7 Å². The summed E-state index contributed by atoms with van der Waals surface area (Å²) < 4.78 is 41.6. The second-order valence-corrected chi connectivity index (χ2v) is 11.5. The predicted octanol–water partition coefficient (Wildman–Crippen LogP) is 4.08. The minimum absolute atomic E-state index is 0.0149. The molecule has 0 aliphatic rings. The number of benzene rings is 2. The van der Waals surface area contributed by atoms with Crippen LogP contribution in [0, 0.1) is 5.82 Å². The van der Waals surface area contributed by atoms with E-state index in [-0.39, 0.29) is 35.6 Å². The number of hydrogen-bond donors (Lipinski definition) is 1. The molecule has 0 spiro atoms. The quantitative estimate of drug-likeness (QED) is 0.448. The Morgan fingerprint density at radius 3 is 2.14 bits per heavy atom. The molecule has 8 nitrogen and oxygen atoms in total. The summed E-state index contributed by atoms with van der Waals surface area (Å²) >= 11 is 12.2. The van der Waals surface area contributed by atoms with E-state index in [0.29, 0.717) is 10.6 Å². The average molecular weight is 562 g/mol. The zero-order valence-corrected chi connectivity index (χ0v) is 23.2. The molecule has 0 fully saturated rings. The molecule has 0 bridgehead atoms. The van der Waals surface area contributed by atoms with Crippen LogP contribution >= 0.6 is 23.2 Å². The Morgan fingerprint density at radius 1 is 1.03 bits per heavy atom. The molecule has 0 saturated carbocycles. The van der Waals surface area contributed by atoms with E-state index in [9.17, 15) is 22.4 Å². The molecule has 0 heterocycles. The maximum absolute atomic E-state index is 13.7. The van der Waals surface area contributed by atoms with Gasteiger partial charge in [0.15, 0.2) is 0 Å². The van der Waals surface area contributed by atoms with Gasteiger partial charge in [-0.15, -0.1) is 0 Å². The molecule has 1 unspecified atom stereocenters. The van der Waals surface area contributed by atoms with Gasteiger partial charge in [0, 0.05) is 26.7 Å². The molecule has 12 heteroatoms. The summed E-state index contributed by atoms with van der Waals surface area (Å²) in [6, 6.07) is 8.56. The van der Waals surface area contributed by atoms with E-state index in [1.165, 1.54) is 31.1 Å². The number of amides is 2. The smallest absolute Gasteiger partial charge is 0.304 e. The van der Waals surface area contributed by atoms with Gasteiger partial charge in [-0.25, -0.2) is 8.70 Å². The predicted molar refractivity (Wildman–Crippen MR) is 141 cm³/mol. The van der Waals surface area contributed by atoms with Gasteiger partial charge in [-0.2, -0.15) is 12.7 Å². The maximum Gasteiger partial charge on any atom is 0.304 e. The highest BCUT2D eigenvalue weighted by Crippen LogP contribution is 2.25. The fraction of sp³-hybridized carbons (Fsp3) is 0.417. The van der Waals surface area contributed by atoms with E-state index in [1.807, 2.05) is 0 Å². The summed E-state index contributed by atoms with van der Waals surface area (Å²) in [4.78, 5) is 28.0. The fourth-order valence-corrected chi connectivity index (χ4v) is 4.84. The lowest BCUT2D eigenvalue weighted by Crippen LogP contribution is -2.54. The Bertz CT molecular complexity index is 1180. The fourth-order valence-electron chi connectivity index (χ4n) is 3.46. The Kier molecular flexibility index (Phi) is 10.5. The Morgan fingerprint density at radius 2 is 1.64 bits per heavy atom. The Balaban J connectivity index is 2.52. The molecule has 2 aromatic carbocycles. The summed E-state index contributed by atoms with van der Waals surface area (Å²) in [6.07, 6.45) is 0.280. The lowest BCUT2D eigenvalue weighted by molar-refractivity contribution is -0.140. The van der Waals surface area contributed by atoms with E-state index in [2.05, 4.69) is 5.32 Å². The summed E-state index contributed by atoms with van der Waals surface area (Å²) in [6.45, 7) is 4.73. The molecule has 2 amide bonds. The lowest BCUT2D eigenvalue weighted by atomic mass is 10.1. The monoisotopic (exact) mass is 560 g/mol. The second kappa shape index (κ2) is 12.7. The van der Waals surface area contributed by atoms with Crippen LogP contribution in [0.5, 0.6) is 0 Å². The van der Waals surface area contributed by atoms with Gasteiger partial charge in [0.25, 0.3) is 0 Å². The van der Waals surface area contributed by atoms with Gasteiger partial charge < -0.3 is 10.2 Å². The van der Waals surface area contributed by atoms with Gasteiger partial charge >= 0.3 is 10.2 Å². The first-order valence-electron chi connectivity index (χ1n) is 11.3. The molecular formula is C24H31Cl2FN4O4S. The molecule has 1 N–H and O–H groups in total. The highest BCUT2D eigenvalue weighted by molar-refractivity contribution is 7.90. The van der Waals surface area contributed by atoms with Crippen LogP contribution in [0.15, 0.2) is 42.5 Å². The zero-order valence-electron chi connectivity index (χ0n) is 20.8. The lowest BCUT2D eigenvalue weighted by Gasteiger charge is -2.34. The van der Waals surface area contributed by atoms with Gasteiger partial charge in [0.05, 0.1) is 15.7 Å². The summed E-state index contributed by atoms with van der Waals surface area (Å²) in [7, 11) is -1.48. The Hall–Kier alpha value is -2.40. The molecule has 0 aliphatic carbocycles. The number of halogens is 3. The number of carbonyl (C=O) groups is 2. The molecule has 2 aromatic rings. The topological polar surface area (TPSA) is 90.0 Å². The third-order valence-electron chi connectivity index (χ3n) is 5.29. The van der Waals surface area contributed by atoms with Crippen LogP contribution in [0.2, 0.25) is 10.0 Å². The van der Waals surface area contributed by atoms with Crippen LogP contribution in [0.1, 0.15) is 32.8 Å². The first-order valence-corrected chi connectivity index (χ1v) is 13.4. The van der Waals surface area contributed by atoms with Gasteiger partial charge in [-0.05, 0) is 62.2 Å². The first-order chi connectivity index (χ1) is 16.8. The van der Waals surface area contributed by atoms with Crippen LogP contribution in [-0.2, 0) is 26.3 Å². The van der Waals surface area contributed by atoms with Crippen molar-refractivity contribution in [2.45, 2.75) is 45.8 Å². The van der Waals surface area contributed by atoms with Crippen molar-refractivity contribution in [2.75, 3.05) is 24.9 Å². The molecule has 0 saturated heterocycles.